The number of aromatic nitrogens is 4. The van der Waals surface area contributed by atoms with Gasteiger partial charge in [0.2, 0.25) is 5.91 Å². The fourth-order valence-electron chi connectivity index (χ4n) is 5.06. The molecule has 3 N–H and O–H groups in total. The van der Waals surface area contributed by atoms with E-state index in [9.17, 15) is 22.8 Å². The molecule has 2 fully saturated rings. The molecular formula is C28H26F3N7O4. The molecule has 0 radical (unpaired) electrons. The molecule has 5 heterocycles. The van der Waals surface area contributed by atoms with Gasteiger partial charge < -0.3 is 25.4 Å². The van der Waals surface area contributed by atoms with Crippen LogP contribution in [0.3, 0.4) is 0 Å². The van der Waals surface area contributed by atoms with E-state index in [2.05, 4.69) is 15.3 Å². The van der Waals surface area contributed by atoms with Gasteiger partial charge in [0, 0.05) is 36.3 Å². The average molecular weight is 582 g/mol. The van der Waals surface area contributed by atoms with Gasteiger partial charge in [-0.15, -0.1) is 0 Å². The first-order valence-corrected chi connectivity index (χ1v) is 13.1. The summed E-state index contributed by atoms with van der Waals surface area (Å²) in [6, 6.07) is 7.95. The molecule has 2 aliphatic rings. The van der Waals surface area contributed by atoms with Gasteiger partial charge >= 0.3 is 6.18 Å². The number of ether oxygens (including phenoxy) is 2. The van der Waals surface area contributed by atoms with Crippen molar-refractivity contribution >= 4 is 29.0 Å². The van der Waals surface area contributed by atoms with Crippen molar-refractivity contribution in [3.05, 3.63) is 71.9 Å². The number of nitrogens with two attached hydrogens (primary N) is 1. The molecule has 0 spiro atoms. The standard InChI is InChI=1S/C28H26F3N7O4/c1-27(14-41-15-27)26(40)37-10-11-42-19(13-37)24-36-21(22-23(32)34-8-9-38(22)24)16-2-4-17(5-3-16)25(39)35-20-12-18(6-7-33-20)28(29,30)31/h2-9,12,19H,10-11,13-15H2,1H3,(H2,32,34)(H,33,35,39)/t19-/m0/s1. The Labute approximate surface area is 237 Å². The monoisotopic (exact) mass is 581 g/mol. The number of nitrogen functional groups attached to an aromatic ring is 1. The van der Waals surface area contributed by atoms with Crippen LogP contribution in [-0.2, 0) is 20.4 Å². The number of imidazole rings is 1. The predicted octanol–water partition coefficient (Wildman–Crippen LogP) is 3.58. The van der Waals surface area contributed by atoms with Crippen LogP contribution in [0.2, 0.25) is 0 Å². The number of nitrogens with one attached hydrogen (secondary N) is 1. The zero-order valence-corrected chi connectivity index (χ0v) is 22.4. The lowest BCUT2D eigenvalue weighted by Crippen LogP contribution is -2.56. The van der Waals surface area contributed by atoms with Gasteiger partial charge in [-0.05, 0) is 31.2 Å². The van der Waals surface area contributed by atoms with Crippen LogP contribution < -0.4 is 11.1 Å². The molecule has 2 saturated heterocycles. The summed E-state index contributed by atoms with van der Waals surface area (Å²) >= 11 is 0. The zero-order valence-electron chi connectivity index (χ0n) is 22.4. The summed E-state index contributed by atoms with van der Waals surface area (Å²) in [6.45, 7) is 3.76. The molecule has 0 aliphatic carbocycles. The Morgan fingerprint density at radius 3 is 2.57 bits per heavy atom. The quantitative estimate of drug-likeness (QED) is 0.365. The van der Waals surface area contributed by atoms with Crippen molar-refractivity contribution in [2.45, 2.75) is 19.2 Å². The minimum absolute atomic E-state index is 0.0125. The molecule has 0 saturated carbocycles. The summed E-state index contributed by atoms with van der Waals surface area (Å²) in [5.74, 6) is -0.0682. The molecule has 11 nitrogen and oxygen atoms in total. The number of halogens is 3. The number of amides is 2. The fraction of sp³-hybridized carbons (Fsp3) is 0.321. The number of hydrogen-bond acceptors (Lipinski definition) is 8. The number of hydrogen-bond donors (Lipinski definition) is 2. The second-order valence-electron chi connectivity index (χ2n) is 10.5. The molecule has 0 bridgehead atoms. The van der Waals surface area contributed by atoms with E-state index in [0.29, 0.717) is 55.5 Å². The van der Waals surface area contributed by atoms with Crippen LogP contribution >= 0.6 is 0 Å². The van der Waals surface area contributed by atoms with Gasteiger partial charge in [-0.1, -0.05) is 12.1 Å². The summed E-state index contributed by atoms with van der Waals surface area (Å²) in [5.41, 5.74) is 6.65. The maximum Gasteiger partial charge on any atom is 0.416 e. The number of morpholine rings is 1. The van der Waals surface area contributed by atoms with Crippen LogP contribution in [0.4, 0.5) is 24.8 Å². The highest BCUT2D eigenvalue weighted by molar-refractivity contribution is 6.04. The van der Waals surface area contributed by atoms with Gasteiger partial charge in [0.05, 0.1) is 37.3 Å². The number of pyridine rings is 1. The molecule has 218 valence electrons. The molecule has 3 aromatic heterocycles. The van der Waals surface area contributed by atoms with Crippen molar-refractivity contribution in [1.29, 1.82) is 0 Å². The highest BCUT2D eigenvalue weighted by Crippen LogP contribution is 2.35. The first kappa shape index (κ1) is 27.6. The number of nitrogens with zero attached hydrogens (tertiary/aromatic N) is 5. The molecule has 2 aliphatic heterocycles. The number of anilines is 2. The molecule has 14 heteroatoms. The maximum absolute atomic E-state index is 13.1. The lowest BCUT2D eigenvalue weighted by atomic mass is 9.86. The first-order chi connectivity index (χ1) is 20.0. The second kappa shape index (κ2) is 10.4. The van der Waals surface area contributed by atoms with Crippen LogP contribution in [-0.4, -0.2) is 69.0 Å². The van der Waals surface area contributed by atoms with Crippen LogP contribution in [0.1, 0.15) is 34.8 Å². The lowest BCUT2D eigenvalue weighted by molar-refractivity contribution is -0.175. The van der Waals surface area contributed by atoms with Crippen molar-refractivity contribution in [2.24, 2.45) is 5.41 Å². The smallest absolute Gasteiger partial charge is 0.382 e. The maximum atomic E-state index is 13.1. The van der Waals surface area contributed by atoms with E-state index in [4.69, 9.17) is 20.2 Å². The Kier molecular flexibility index (Phi) is 6.81. The summed E-state index contributed by atoms with van der Waals surface area (Å²) < 4.78 is 52.2. The molecule has 6 rings (SSSR count). The second-order valence-corrected chi connectivity index (χ2v) is 10.5. The van der Waals surface area contributed by atoms with Crippen molar-refractivity contribution in [1.82, 2.24) is 24.3 Å². The molecule has 1 aromatic carbocycles. The average Bonchev–Trinajstić information content (AvgIpc) is 3.36. The van der Waals surface area contributed by atoms with E-state index in [1.54, 1.807) is 33.8 Å². The minimum atomic E-state index is -4.56. The molecular weight excluding hydrogens is 555 g/mol. The number of benzene rings is 1. The summed E-state index contributed by atoms with van der Waals surface area (Å²) in [6.07, 6.45) is -0.847. The number of alkyl halides is 3. The first-order valence-electron chi connectivity index (χ1n) is 13.1. The minimum Gasteiger partial charge on any atom is -0.382 e. The zero-order chi connectivity index (χ0) is 29.6. The van der Waals surface area contributed by atoms with E-state index in [1.165, 1.54) is 12.1 Å². The van der Waals surface area contributed by atoms with E-state index in [1.807, 2.05) is 6.92 Å². The van der Waals surface area contributed by atoms with Gasteiger partial charge in [-0.3, -0.25) is 14.0 Å². The predicted molar refractivity (Wildman–Crippen MR) is 144 cm³/mol. The Balaban J connectivity index is 1.26. The van der Waals surface area contributed by atoms with E-state index in [0.717, 1.165) is 18.3 Å². The van der Waals surface area contributed by atoms with Crippen LogP contribution in [0.15, 0.2) is 55.0 Å². The molecule has 1 atom stereocenters. The highest BCUT2D eigenvalue weighted by Gasteiger charge is 2.45. The van der Waals surface area contributed by atoms with E-state index < -0.39 is 29.2 Å². The van der Waals surface area contributed by atoms with Gasteiger partial charge in [0.25, 0.3) is 5.91 Å². The number of carbonyl (C=O) groups is 2. The van der Waals surface area contributed by atoms with Gasteiger partial charge in [0.1, 0.15) is 34.8 Å². The largest absolute Gasteiger partial charge is 0.416 e. The number of fused-ring (bicyclic) bond motifs is 1. The highest BCUT2D eigenvalue weighted by atomic mass is 19.4. The van der Waals surface area contributed by atoms with Crippen molar-refractivity contribution in [3.63, 3.8) is 0 Å². The third kappa shape index (κ3) is 5.03. The number of rotatable bonds is 5. The normalized spacial score (nSPS) is 18.5. The van der Waals surface area contributed by atoms with Crippen LogP contribution in [0.25, 0.3) is 16.8 Å². The summed E-state index contributed by atoms with van der Waals surface area (Å²) in [4.78, 5) is 40.5. The van der Waals surface area contributed by atoms with Crippen LogP contribution in [0.5, 0.6) is 0 Å². The summed E-state index contributed by atoms with van der Waals surface area (Å²) in [7, 11) is 0. The van der Waals surface area contributed by atoms with E-state index in [-0.39, 0.29) is 23.1 Å². The van der Waals surface area contributed by atoms with Gasteiger partial charge in [-0.2, -0.15) is 13.2 Å². The molecule has 2 amide bonds. The topological polar surface area (TPSA) is 137 Å². The Hall–Kier alpha value is -4.56. The van der Waals surface area contributed by atoms with E-state index >= 15 is 0 Å². The molecule has 42 heavy (non-hydrogen) atoms. The molecule has 0 unspecified atom stereocenters. The van der Waals surface area contributed by atoms with Crippen molar-refractivity contribution < 1.29 is 32.2 Å². The van der Waals surface area contributed by atoms with Crippen LogP contribution in [0, 0.1) is 5.41 Å². The Bertz CT molecular complexity index is 1670. The Morgan fingerprint density at radius 2 is 1.88 bits per heavy atom. The third-order valence-corrected chi connectivity index (χ3v) is 7.36. The lowest BCUT2D eigenvalue weighted by Gasteiger charge is -2.42. The van der Waals surface area contributed by atoms with Crippen molar-refractivity contribution in [3.8, 4) is 11.3 Å². The third-order valence-electron chi connectivity index (χ3n) is 7.36. The number of carbonyl (C=O) groups excluding carboxylic acids is 2. The SMILES string of the molecule is CC1(C(=O)N2CCO[C@H](c3nc(-c4ccc(C(=O)Nc5cc(C(F)(F)F)ccn5)cc4)c4c(N)nccn34)C2)COC1. The summed E-state index contributed by atoms with van der Waals surface area (Å²) in [5, 5.41) is 2.39. The van der Waals surface area contributed by atoms with Gasteiger partial charge in [0.15, 0.2) is 0 Å². The molecule has 4 aromatic rings. The van der Waals surface area contributed by atoms with Gasteiger partial charge in [-0.25, -0.2) is 15.0 Å². The fourth-order valence-corrected chi connectivity index (χ4v) is 5.06. The Morgan fingerprint density at radius 1 is 1.12 bits per heavy atom. The van der Waals surface area contributed by atoms with Crippen molar-refractivity contribution in [2.75, 3.05) is 44.0 Å².